The highest BCUT2D eigenvalue weighted by Crippen LogP contribution is 2.18. The van der Waals surface area contributed by atoms with Crippen LogP contribution in [0.5, 0.6) is 5.75 Å². The van der Waals surface area contributed by atoms with Gasteiger partial charge in [-0.05, 0) is 38.5 Å². The van der Waals surface area contributed by atoms with E-state index in [1.165, 1.54) is 6.92 Å². The first-order valence-corrected chi connectivity index (χ1v) is 9.27. The summed E-state index contributed by atoms with van der Waals surface area (Å²) in [6.07, 6.45) is -1.02. The van der Waals surface area contributed by atoms with E-state index in [1.54, 1.807) is 24.3 Å². The molecular weight excluding hydrogens is 378 g/mol. The Kier molecular flexibility index (Phi) is 6.16. The number of benzene rings is 1. The molecule has 154 valence electrons. The van der Waals surface area contributed by atoms with Crippen LogP contribution in [0.15, 0.2) is 28.8 Å². The minimum atomic E-state index is -1.02. The molecular formula is C20H23N3O6. The number of esters is 1. The lowest BCUT2D eigenvalue weighted by Gasteiger charge is -2.18. The number of urea groups is 1. The molecule has 2 aromatic rings. The molecule has 9 nitrogen and oxygen atoms in total. The second-order valence-electron chi connectivity index (χ2n) is 6.77. The normalized spacial score (nSPS) is 14.4. The third-order valence-corrected chi connectivity index (χ3v) is 4.62. The van der Waals surface area contributed by atoms with Crippen molar-refractivity contribution in [3.8, 4) is 5.75 Å². The molecule has 0 radical (unpaired) electrons. The quantitative estimate of drug-likeness (QED) is 0.705. The predicted octanol–water partition coefficient (Wildman–Crippen LogP) is 1.90. The Bertz CT molecular complexity index is 886. The summed E-state index contributed by atoms with van der Waals surface area (Å²) in [5, 5.41) is 6.42. The standard InChI is InChI=1S/C20H23N3O6/c1-12-17(13(2)29-22-12)11-27-16-6-4-15(5-7-16)10-18(24)28-14(3)19(25)23-9-8-21-20(23)26/h4-7,14H,8-11H2,1-3H3,(H,21,26)/t14-/m1/s1. The molecule has 0 spiro atoms. The summed E-state index contributed by atoms with van der Waals surface area (Å²) < 4.78 is 16.0. The number of carbonyl (C=O) groups excluding carboxylic acids is 3. The maximum absolute atomic E-state index is 12.2. The SMILES string of the molecule is Cc1noc(C)c1COc1ccc(CC(=O)O[C@H](C)C(=O)N2CCNC2=O)cc1. The molecule has 29 heavy (non-hydrogen) atoms. The molecule has 1 aromatic heterocycles. The molecule has 1 aliphatic rings. The molecule has 9 heteroatoms. The fourth-order valence-electron chi connectivity index (χ4n) is 2.92. The highest BCUT2D eigenvalue weighted by molar-refractivity contribution is 5.98. The number of nitrogens with one attached hydrogen (secondary N) is 1. The van der Waals surface area contributed by atoms with Gasteiger partial charge in [0, 0.05) is 13.1 Å². The summed E-state index contributed by atoms with van der Waals surface area (Å²) in [4.78, 5) is 36.9. The van der Waals surface area contributed by atoms with Gasteiger partial charge in [0.1, 0.15) is 18.1 Å². The van der Waals surface area contributed by atoms with Crippen molar-refractivity contribution in [2.75, 3.05) is 13.1 Å². The Morgan fingerprint density at radius 2 is 2.00 bits per heavy atom. The summed E-state index contributed by atoms with van der Waals surface area (Å²) in [6, 6.07) is 6.55. The van der Waals surface area contributed by atoms with Crippen molar-refractivity contribution in [2.24, 2.45) is 0 Å². The maximum Gasteiger partial charge on any atom is 0.324 e. The molecule has 0 unspecified atom stereocenters. The Morgan fingerprint density at radius 1 is 1.28 bits per heavy atom. The molecule has 1 fully saturated rings. The predicted molar refractivity (Wildman–Crippen MR) is 101 cm³/mol. The lowest BCUT2D eigenvalue weighted by atomic mass is 10.1. The van der Waals surface area contributed by atoms with Crippen molar-refractivity contribution < 1.29 is 28.4 Å². The average Bonchev–Trinajstić information content (AvgIpc) is 3.26. The molecule has 2 heterocycles. The molecule has 1 aliphatic heterocycles. The van der Waals surface area contributed by atoms with Crippen LogP contribution in [0.2, 0.25) is 0 Å². The zero-order valence-corrected chi connectivity index (χ0v) is 16.6. The number of aryl methyl sites for hydroxylation is 2. The number of rotatable bonds is 7. The fourth-order valence-corrected chi connectivity index (χ4v) is 2.92. The van der Waals surface area contributed by atoms with E-state index in [-0.39, 0.29) is 13.0 Å². The number of nitrogens with zero attached hydrogens (tertiary/aromatic N) is 2. The van der Waals surface area contributed by atoms with E-state index in [2.05, 4.69) is 10.5 Å². The van der Waals surface area contributed by atoms with Gasteiger partial charge in [-0.2, -0.15) is 0 Å². The number of aromatic nitrogens is 1. The van der Waals surface area contributed by atoms with Crippen LogP contribution >= 0.6 is 0 Å². The summed E-state index contributed by atoms with van der Waals surface area (Å²) >= 11 is 0. The van der Waals surface area contributed by atoms with Crippen molar-refractivity contribution in [3.63, 3.8) is 0 Å². The van der Waals surface area contributed by atoms with Crippen molar-refractivity contribution in [2.45, 2.75) is 39.9 Å². The topological polar surface area (TPSA) is 111 Å². The van der Waals surface area contributed by atoms with Crippen molar-refractivity contribution in [1.82, 2.24) is 15.4 Å². The van der Waals surface area contributed by atoms with Crippen molar-refractivity contribution in [1.29, 1.82) is 0 Å². The van der Waals surface area contributed by atoms with Gasteiger partial charge in [-0.15, -0.1) is 0 Å². The molecule has 1 N–H and O–H groups in total. The average molecular weight is 401 g/mol. The minimum Gasteiger partial charge on any atom is -0.489 e. The third kappa shape index (κ3) is 4.92. The summed E-state index contributed by atoms with van der Waals surface area (Å²) in [5.74, 6) is 0.286. The van der Waals surface area contributed by atoms with Crippen LogP contribution in [-0.2, 0) is 27.4 Å². The highest BCUT2D eigenvalue weighted by atomic mass is 16.5. The Labute approximate surface area is 167 Å². The minimum absolute atomic E-state index is 0.00790. The largest absolute Gasteiger partial charge is 0.489 e. The van der Waals surface area contributed by atoms with Gasteiger partial charge in [-0.1, -0.05) is 17.3 Å². The second-order valence-corrected chi connectivity index (χ2v) is 6.77. The van der Waals surface area contributed by atoms with Crippen LogP contribution in [0.3, 0.4) is 0 Å². The Hall–Kier alpha value is -3.36. The summed E-state index contributed by atoms with van der Waals surface area (Å²) in [7, 11) is 0. The number of hydrogen-bond acceptors (Lipinski definition) is 7. The lowest BCUT2D eigenvalue weighted by molar-refractivity contribution is -0.156. The van der Waals surface area contributed by atoms with Gasteiger partial charge in [0.25, 0.3) is 5.91 Å². The fraction of sp³-hybridized carbons (Fsp3) is 0.400. The smallest absolute Gasteiger partial charge is 0.324 e. The zero-order valence-electron chi connectivity index (χ0n) is 16.6. The number of carbonyl (C=O) groups is 3. The lowest BCUT2D eigenvalue weighted by Crippen LogP contribution is -2.42. The molecule has 1 aromatic carbocycles. The summed E-state index contributed by atoms with van der Waals surface area (Å²) in [5.41, 5.74) is 2.41. The highest BCUT2D eigenvalue weighted by Gasteiger charge is 2.31. The first kappa shape index (κ1) is 20.4. The van der Waals surface area contributed by atoms with E-state index >= 15 is 0 Å². The van der Waals surface area contributed by atoms with E-state index in [4.69, 9.17) is 14.0 Å². The van der Waals surface area contributed by atoms with Crippen LogP contribution in [0.25, 0.3) is 0 Å². The molecule has 0 saturated carbocycles. The zero-order chi connectivity index (χ0) is 21.0. The molecule has 0 bridgehead atoms. The molecule has 1 saturated heterocycles. The van der Waals surface area contributed by atoms with Crippen molar-refractivity contribution >= 4 is 17.9 Å². The first-order chi connectivity index (χ1) is 13.8. The monoisotopic (exact) mass is 401 g/mol. The second kappa shape index (κ2) is 8.76. The van der Waals surface area contributed by atoms with Gasteiger partial charge in [-0.25, -0.2) is 4.79 Å². The van der Waals surface area contributed by atoms with Crippen LogP contribution in [0.1, 0.15) is 29.5 Å². The van der Waals surface area contributed by atoms with E-state index < -0.39 is 24.0 Å². The van der Waals surface area contributed by atoms with Crippen LogP contribution in [0, 0.1) is 13.8 Å². The Morgan fingerprint density at radius 3 is 2.59 bits per heavy atom. The van der Waals surface area contributed by atoms with Gasteiger partial charge in [0.05, 0.1) is 17.7 Å². The number of ether oxygens (including phenoxy) is 2. The van der Waals surface area contributed by atoms with E-state index in [0.717, 1.165) is 27.5 Å². The number of hydrogen-bond donors (Lipinski definition) is 1. The number of amides is 3. The first-order valence-electron chi connectivity index (χ1n) is 9.27. The van der Waals surface area contributed by atoms with Gasteiger partial charge in [-0.3, -0.25) is 14.5 Å². The van der Waals surface area contributed by atoms with Gasteiger partial charge < -0.3 is 19.3 Å². The van der Waals surface area contributed by atoms with Gasteiger partial charge in [0.2, 0.25) is 0 Å². The molecule has 0 aliphatic carbocycles. The van der Waals surface area contributed by atoms with Crippen LogP contribution < -0.4 is 10.1 Å². The van der Waals surface area contributed by atoms with E-state index in [1.807, 2.05) is 13.8 Å². The van der Waals surface area contributed by atoms with Crippen molar-refractivity contribution in [3.05, 3.63) is 46.8 Å². The van der Waals surface area contributed by atoms with E-state index in [9.17, 15) is 14.4 Å². The Balaban J connectivity index is 1.49. The van der Waals surface area contributed by atoms with E-state index in [0.29, 0.717) is 18.9 Å². The summed E-state index contributed by atoms with van der Waals surface area (Å²) in [6.45, 7) is 6.15. The van der Waals surface area contributed by atoms with Gasteiger partial charge in [0.15, 0.2) is 6.10 Å². The molecule has 3 amide bonds. The molecule has 3 rings (SSSR count). The van der Waals surface area contributed by atoms with Gasteiger partial charge >= 0.3 is 12.0 Å². The third-order valence-electron chi connectivity index (χ3n) is 4.62. The van der Waals surface area contributed by atoms with Crippen LogP contribution in [0.4, 0.5) is 4.79 Å². The molecule has 1 atom stereocenters. The maximum atomic E-state index is 12.2. The number of imide groups is 1. The van der Waals surface area contributed by atoms with Crippen LogP contribution in [-0.4, -0.2) is 47.2 Å².